The summed E-state index contributed by atoms with van der Waals surface area (Å²) in [5.41, 5.74) is 5.81. The Morgan fingerprint density at radius 1 is 1.56 bits per heavy atom. The molecule has 98 valence electrons. The first-order valence-corrected chi connectivity index (χ1v) is 6.39. The van der Waals surface area contributed by atoms with Crippen molar-refractivity contribution in [2.45, 2.75) is 26.7 Å². The average molecular weight is 265 g/mol. The number of rotatable bonds is 6. The highest BCUT2D eigenvalue weighted by Gasteiger charge is 2.34. The van der Waals surface area contributed by atoms with Gasteiger partial charge in [0.05, 0.1) is 10.4 Å². The molecule has 1 aromatic heterocycles. The van der Waals surface area contributed by atoms with E-state index in [0.29, 0.717) is 19.4 Å². The van der Waals surface area contributed by atoms with Crippen molar-refractivity contribution in [3.05, 3.63) is 30.1 Å². The van der Waals surface area contributed by atoms with Crippen LogP contribution in [0.4, 0.5) is 0 Å². The molecule has 0 spiro atoms. The molecule has 1 unspecified atom stereocenters. The largest absolute Gasteiger partial charge is 0.392 e. The van der Waals surface area contributed by atoms with Gasteiger partial charge in [0.15, 0.2) is 0 Å². The highest BCUT2D eigenvalue weighted by molar-refractivity contribution is 7.80. The van der Waals surface area contributed by atoms with Crippen LogP contribution in [-0.2, 0) is 11.2 Å². The molecule has 1 amide bonds. The maximum atomic E-state index is 12.0. The standard InChI is InChI=1S/C13H19N3OS/c1-3-13(2,11(14)18)12(17)16-9-7-10-6-4-5-8-15-10/h4-6,8H,3,7,9H2,1-2H3,(H2,14,18)(H,16,17). The Labute approximate surface area is 113 Å². The van der Waals surface area contributed by atoms with Gasteiger partial charge in [-0.05, 0) is 25.5 Å². The summed E-state index contributed by atoms with van der Waals surface area (Å²) in [5, 5.41) is 2.86. The van der Waals surface area contributed by atoms with E-state index in [9.17, 15) is 4.79 Å². The second-order valence-electron chi connectivity index (χ2n) is 4.38. The summed E-state index contributed by atoms with van der Waals surface area (Å²) in [4.78, 5) is 16.5. The van der Waals surface area contributed by atoms with Crippen molar-refractivity contribution < 1.29 is 4.79 Å². The number of hydrogen-bond acceptors (Lipinski definition) is 3. The Bertz CT molecular complexity index is 422. The molecule has 18 heavy (non-hydrogen) atoms. The third-order valence-electron chi connectivity index (χ3n) is 3.14. The van der Waals surface area contributed by atoms with Crippen molar-refractivity contribution in [3.63, 3.8) is 0 Å². The molecule has 0 bridgehead atoms. The smallest absolute Gasteiger partial charge is 0.232 e. The molecule has 0 fully saturated rings. The van der Waals surface area contributed by atoms with Crippen LogP contribution in [0.2, 0.25) is 0 Å². The van der Waals surface area contributed by atoms with Gasteiger partial charge in [-0.1, -0.05) is 25.2 Å². The van der Waals surface area contributed by atoms with Crippen LogP contribution in [0, 0.1) is 5.41 Å². The number of hydrogen-bond donors (Lipinski definition) is 2. The first-order chi connectivity index (χ1) is 8.50. The van der Waals surface area contributed by atoms with Crippen LogP contribution < -0.4 is 11.1 Å². The molecule has 0 aliphatic heterocycles. The summed E-state index contributed by atoms with van der Waals surface area (Å²) >= 11 is 4.95. The lowest BCUT2D eigenvalue weighted by atomic mass is 9.86. The predicted octanol–water partition coefficient (Wildman–Crippen LogP) is 1.44. The zero-order valence-corrected chi connectivity index (χ0v) is 11.6. The third kappa shape index (κ3) is 3.50. The Hall–Kier alpha value is -1.49. The van der Waals surface area contributed by atoms with Gasteiger partial charge in [0.1, 0.15) is 0 Å². The van der Waals surface area contributed by atoms with E-state index in [1.54, 1.807) is 13.1 Å². The minimum atomic E-state index is -0.764. The number of nitrogens with one attached hydrogen (secondary N) is 1. The number of pyridine rings is 1. The molecule has 0 radical (unpaired) electrons. The lowest BCUT2D eigenvalue weighted by Gasteiger charge is -2.25. The molecule has 0 aliphatic rings. The first kappa shape index (κ1) is 14.6. The molecular formula is C13H19N3OS. The highest BCUT2D eigenvalue weighted by Crippen LogP contribution is 2.21. The zero-order chi connectivity index (χ0) is 13.6. The minimum absolute atomic E-state index is 0.117. The number of carbonyl (C=O) groups is 1. The second kappa shape index (κ2) is 6.44. The minimum Gasteiger partial charge on any atom is -0.392 e. The Morgan fingerprint density at radius 2 is 2.28 bits per heavy atom. The van der Waals surface area contributed by atoms with Gasteiger partial charge < -0.3 is 11.1 Å². The van der Waals surface area contributed by atoms with Gasteiger partial charge in [-0.2, -0.15) is 0 Å². The van der Waals surface area contributed by atoms with Crippen molar-refractivity contribution in [3.8, 4) is 0 Å². The monoisotopic (exact) mass is 265 g/mol. The predicted molar refractivity (Wildman–Crippen MR) is 76.1 cm³/mol. The number of aromatic nitrogens is 1. The van der Waals surface area contributed by atoms with Crippen molar-refractivity contribution >= 4 is 23.1 Å². The molecule has 1 atom stereocenters. The molecule has 4 nitrogen and oxygen atoms in total. The van der Waals surface area contributed by atoms with E-state index in [-0.39, 0.29) is 10.9 Å². The molecular weight excluding hydrogens is 246 g/mol. The molecule has 0 saturated heterocycles. The van der Waals surface area contributed by atoms with Crippen LogP contribution in [-0.4, -0.2) is 22.4 Å². The van der Waals surface area contributed by atoms with Crippen LogP contribution in [0.15, 0.2) is 24.4 Å². The molecule has 0 aliphatic carbocycles. The van der Waals surface area contributed by atoms with Gasteiger partial charge in [-0.25, -0.2) is 0 Å². The maximum Gasteiger partial charge on any atom is 0.232 e. The Balaban J connectivity index is 2.49. The number of nitrogens with zero attached hydrogens (tertiary/aromatic N) is 1. The van der Waals surface area contributed by atoms with Gasteiger partial charge in [0, 0.05) is 24.9 Å². The third-order valence-corrected chi connectivity index (χ3v) is 3.60. The fourth-order valence-electron chi connectivity index (χ4n) is 1.49. The molecule has 0 saturated carbocycles. The van der Waals surface area contributed by atoms with Crippen molar-refractivity contribution in [1.82, 2.24) is 10.3 Å². The van der Waals surface area contributed by atoms with E-state index >= 15 is 0 Å². The van der Waals surface area contributed by atoms with Gasteiger partial charge in [-0.3, -0.25) is 9.78 Å². The number of thiocarbonyl (C=S) groups is 1. The van der Waals surface area contributed by atoms with E-state index in [4.69, 9.17) is 18.0 Å². The molecule has 0 aromatic carbocycles. The number of nitrogens with two attached hydrogens (primary N) is 1. The van der Waals surface area contributed by atoms with E-state index in [0.717, 1.165) is 5.69 Å². The fraction of sp³-hybridized carbons (Fsp3) is 0.462. The van der Waals surface area contributed by atoms with E-state index in [1.807, 2.05) is 25.1 Å². The lowest BCUT2D eigenvalue weighted by molar-refractivity contribution is -0.126. The van der Waals surface area contributed by atoms with E-state index in [2.05, 4.69) is 10.3 Å². The van der Waals surface area contributed by atoms with Gasteiger partial charge in [0.25, 0.3) is 0 Å². The fourth-order valence-corrected chi connectivity index (χ4v) is 1.73. The van der Waals surface area contributed by atoms with Crippen LogP contribution in [0.3, 0.4) is 0 Å². The van der Waals surface area contributed by atoms with Crippen LogP contribution >= 0.6 is 12.2 Å². The summed E-state index contributed by atoms with van der Waals surface area (Å²) < 4.78 is 0. The van der Waals surface area contributed by atoms with E-state index in [1.165, 1.54) is 0 Å². The Morgan fingerprint density at radius 3 is 2.78 bits per heavy atom. The highest BCUT2D eigenvalue weighted by atomic mass is 32.1. The Kier molecular flexibility index (Phi) is 5.22. The van der Waals surface area contributed by atoms with Crippen molar-refractivity contribution in [2.24, 2.45) is 11.1 Å². The van der Waals surface area contributed by atoms with Crippen molar-refractivity contribution in [2.75, 3.05) is 6.54 Å². The zero-order valence-electron chi connectivity index (χ0n) is 10.8. The van der Waals surface area contributed by atoms with Gasteiger partial charge in [0.2, 0.25) is 5.91 Å². The quantitative estimate of drug-likeness (QED) is 0.764. The van der Waals surface area contributed by atoms with Crippen LogP contribution in [0.5, 0.6) is 0 Å². The van der Waals surface area contributed by atoms with Crippen LogP contribution in [0.1, 0.15) is 26.0 Å². The molecule has 1 rings (SSSR count). The lowest BCUT2D eigenvalue weighted by Crippen LogP contribution is -2.47. The maximum absolute atomic E-state index is 12.0. The second-order valence-corrected chi connectivity index (χ2v) is 4.82. The summed E-state index contributed by atoms with van der Waals surface area (Å²) in [6, 6.07) is 5.72. The summed E-state index contributed by atoms with van der Waals surface area (Å²) in [7, 11) is 0. The summed E-state index contributed by atoms with van der Waals surface area (Å²) in [6.45, 7) is 4.21. The topological polar surface area (TPSA) is 68.0 Å². The molecule has 3 N–H and O–H groups in total. The normalized spacial score (nSPS) is 13.7. The van der Waals surface area contributed by atoms with Crippen molar-refractivity contribution in [1.29, 1.82) is 0 Å². The van der Waals surface area contributed by atoms with Crippen LogP contribution in [0.25, 0.3) is 0 Å². The first-order valence-electron chi connectivity index (χ1n) is 5.99. The van der Waals surface area contributed by atoms with Gasteiger partial charge in [-0.15, -0.1) is 0 Å². The van der Waals surface area contributed by atoms with E-state index < -0.39 is 5.41 Å². The molecule has 5 heteroatoms. The number of carbonyl (C=O) groups excluding carboxylic acids is 1. The molecule has 1 heterocycles. The average Bonchev–Trinajstić information content (AvgIpc) is 2.38. The SMILES string of the molecule is CCC(C)(C(=O)NCCc1ccccn1)C(N)=S. The summed E-state index contributed by atoms with van der Waals surface area (Å²) in [6.07, 6.45) is 3.03. The summed E-state index contributed by atoms with van der Waals surface area (Å²) in [5.74, 6) is -0.117. The molecule has 1 aromatic rings. The number of amides is 1. The van der Waals surface area contributed by atoms with Gasteiger partial charge >= 0.3 is 0 Å².